The molecule has 0 aromatic rings. The number of hydrogen-bond acceptors (Lipinski definition) is 11. The first-order valence-electron chi connectivity index (χ1n) is 17.8. The van der Waals surface area contributed by atoms with Gasteiger partial charge in [-0.15, -0.1) is 0 Å². The summed E-state index contributed by atoms with van der Waals surface area (Å²) in [4.78, 5) is 66.4. The van der Waals surface area contributed by atoms with Gasteiger partial charge in [0.15, 0.2) is 5.78 Å². The molecular formula is C37H57NO11. The fourth-order valence-corrected chi connectivity index (χ4v) is 7.40. The van der Waals surface area contributed by atoms with E-state index in [1.165, 1.54) is 17.9 Å². The number of carbonyl (C=O) groups excluding carboxylic acids is 5. The molecular weight excluding hydrogens is 634 g/mol. The lowest BCUT2D eigenvalue weighted by atomic mass is 9.78. The van der Waals surface area contributed by atoms with Crippen LogP contribution in [0.25, 0.3) is 0 Å². The smallest absolute Gasteiger partial charge is 0.329 e. The number of carbonyl (C=O) groups is 5. The molecule has 1 amide bonds. The zero-order valence-corrected chi connectivity index (χ0v) is 30.0. The van der Waals surface area contributed by atoms with Crippen molar-refractivity contribution in [3.8, 4) is 0 Å². The maximum atomic E-state index is 13.8. The Bertz CT molecular complexity index is 1250. The summed E-state index contributed by atoms with van der Waals surface area (Å²) in [7, 11) is 1.56. The monoisotopic (exact) mass is 691 g/mol. The summed E-state index contributed by atoms with van der Waals surface area (Å²) >= 11 is 0. The number of amides is 1. The summed E-state index contributed by atoms with van der Waals surface area (Å²) in [5, 5.41) is 31.2. The van der Waals surface area contributed by atoms with Crippen LogP contribution in [0.2, 0.25) is 0 Å². The van der Waals surface area contributed by atoms with Gasteiger partial charge in [-0.1, -0.05) is 26.3 Å². The quantitative estimate of drug-likeness (QED) is 0.0739. The summed E-state index contributed by atoms with van der Waals surface area (Å²) in [5.41, 5.74) is 0.956. The van der Waals surface area contributed by atoms with Crippen molar-refractivity contribution in [3.05, 3.63) is 23.5 Å². The molecule has 1 aliphatic carbocycles. The molecule has 3 N–H and O–H groups in total. The van der Waals surface area contributed by atoms with Crippen molar-refractivity contribution in [1.29, 1.82) is 0 Å². The molecule has 0 bridgehead atoms. The van der Waals surface area contributed by atoms with Crippen LogP contribution in [-0.4, -0.2) is 99.8 Å². The SMILES string of the molecule is CO[C@@H]1CC(C[C@@H](C)[C@H](CC(=O)/C(C)=C\O)OC(=O)[C@@H]2CCCCN2C(=O)C(=O)[C@]2(O)O[C@H](C[C@H](C)/C(C)=C/C=O)CC[C@H]2C)CC[C@H]1O. The van der Waals surface area contributed by atoms with Gasteiger partial charge in [-0.3, -0.25) is 19.2 Å². The Morgan fingerprint density at radius 3 is 2.41 bits per heavy atom. The van der Waals surface area contributed by atoms with Crippen LogP contribution in [0.3, 0.4) is 0 Å². The first kappa shape index (κ1) is 40.5. The molecule has 2 saturated heterocycles. The third kappa shape index (κ3) is 10.3. The highest BCUT2D eigenvalue weighted by molar-refractivity contribution is 6.39. The minimum atomic E-state index is -2.38. The number of rotatable bonds is 15. The topological polar surface area (TPSA) is 177 Å². The van der Waals surface area contributed by atoms with Crippen molar-refractivity contribution in [2.24, 2.45) is 23.7 Å². The second kappa shape index (κ2) is 18.3. The van der Waals surface area contributed by atoms with Gasteiger partial charge < -0.3 is 34.4 Å². The minimum absolute atomic E-state index is 0.0510. The zero-order chi connectivity index (χ0) is 36.5. The van der Waals surface area contributed by atoms with E-state index in [1.54, 1.807) is 14.0 Å². The van der Waals surface area contributed by atoms with Crippen LogP contribution in [-0.2, 0) is 38.2 Å². The molecule has 3 fully saturated rings. The Labute approximate surface area is 290 Å². The van der Waals surface area contributed by atoms with E-state index in [-0.39, 0.29) is 54.6 Å². The maximum absolute atomic E-state index is 13.8. The zero-order valence-electron chi connectivity index (χ0n) is 30.0. The van der Waals surface area contributed by atoms with Gasteiger partial charge in [-0.2, -0.15) is 0 Å². The number of ether oxygens (including phenoxy) is 3. The Kier molecular flexibility index (Phi) is 15.2. The highest BCUT2D eigenvalue weighted by atomic mass is 16.6. The molecule has 12 nitrogen and oxygen atoms in total. The molecule has 0 spiro atoms. The normalized spacial score (nSPS) is 31.7. The molecule has 0 aromatic heterocycles. The van der Waals surface area contributed by atoms with E-state index < -0.39 is 53.7 Å². The van der Waals surface area contributed by atoms with Gasteiger partial charge in [0.2, 0.25) is 5.79 Å². The highest BCUT2D eigenvalue weighted by Crippen LogP contribution is 2.37. The van der Waals surface area contributed by atoms with E-state index in [2.05, 4.69) is 0 Å². The molecule has 12 heteroatoms. The predicted octanol–water partition coefficient (Wildman–Crippen LogP) is 4.15. The predicted molar refractivity (Wildman–Crippen MR) is 180 cm³/mol. The van der Waals surface area contributed by atoms with E-state index in [0.717, 1.165) is 18.3 Å². The Morgan fingerprint density at radius 2 is 1.76 bits per heavy atom. The van der Waals surface area contributed by atoms with Crippen LogP contribution in [0.15, 0.2) is 23.5 Å². The fourth-order valence-electron chi connectivity index (χ4n) is 7.40. The Balaban J connectivity index is 1.77. The van der Waals surface area contributed by atoms with Crippen LogP contribution in [0.4, 0.5) is 0 Å². The fraction of sp³-hybridized carbons (Fsp3) is 0.757. The molecule has 10 atom stereocenters. The molecule has 1 saturated carbocycles. The molecule has 2 heterocycles. The van der Waals surface area contributed by atoms with Gasteiger partial charge in [0, 0.05) is 31.6 Å². The van der Waals surface area contributed by atoms with Gasteiger partial charge in [0.25, 0.3) is 11.7 Å². The maximum Gasteiger partial charge on any atom is 0.329 e. The van der Waals surface area contributed by atoms with Gasteiger partial charge >= 0.3 is 5.97 Å². The lowest BCUT2D eigenvalue weighted by Crippen LogP contribution is -2.60. The number of aliphatic hydroxyl groups is 3. The number of likely N-dealkylation sites (tertiary alicyclic amines) is 1. The summed E-state index contributed by atoms with van der Waals surface area (Å²) in [5.74, 6) is -6.50. The third-order valence-electron chi connectivity index (χ3n) is 11.0. The average Bonchev–Trinajstić information content (AvgIpc) is 3.09. The van der Waals surface area contributed by atoms with Crippen molar-refractivity contribution in [1.82, 2.24) is 4.90 Å². The number of piperidine rings is 1. The summed E-state index contributed by atoms with van der Waals surface area (Å²) in [6, 6.07) is -1.10. The lowest BCUT2D eigenvalue weighted by Gasteiger charge is -2.42. The molecule has 3 aliphatic rings. The van der Waals surface area contributed by atoms with Crippen molar-refractivity contribution >= 4 is 29.7 Å². The van der Waals surface area contributed by atoms with E-state index in [0.29, 0.717) is 57.7 Å². The number of Topliss-reactive ketones (excluding diaryl/α,β-unsaturated/α-hetero) is 2. The Morgan fingerprint density at radius 1 is 1.04 bits per heavy atom. The van der Waals surface area contributed by atoms with Crippen LogP contribution >= 0.6 is 0 Å². The molecule has 3 rings (SSSR count). The first-order valence-corrected chi connectivity index (χ1v) is 17.8. The second-order valence-corrected chi connectivity index (χ2v) is 14.6. The van der Waals surface area contributed by atoms with Crippen LogP contribution in [0.1, 0.15) is 105 Å². The van der Waals surface area contributed by atoms with Gasteiger partial charge in [0.05, 0.1) is 24.6 Å². The number of allylic oxidation sites excluding steroid dienone is 3. The van der Waals surface area contributed by atoms with Gasteiger partial charge in [-0.25, -0.2) is 4.79 Å². The third-order valence-corrected chi connectivity index (χ3v) is 11.0. The van der Waals surface area contributed by atoms with E-state index in [9.17, 15) is 39.3 Å². The van der Waals surface area contributed by atoms with E-state index >= 15 is 0 Å². The highest BCUT2D eigenvalue weighted by Gasteiger charge is 2.53. The van der Waals surface area contributed by atoms with Crippen LogP contribution < -0.4 is 0 Å². The number of nitrogens with zero attached hydrogens (tertiary/aromatic N) is 1. The van der Waals surface area contributed by atoms with Crippen LogP contribution in [0, 0.1) is 23.7 Å². The number of aldehydes is 1. The van der Waals surface area contributed by atoms with E-state index in [4.69, 9.17) is 14.2 Å². The molecule has 49 heavy (non-hydrogen) atoms. The minimum Gasteiger partial charge on any atom is -0.515 e. The molecule has 0 radical (unpaired) electrons. The summed E-state index contributed by atoms with van der Waals surface area (Å²) in [6.07, 6.45) is 5.87. The van der Waals surface area contributed by atoms with Gasteiger partial charge in [-0.05, 0) is 102 Å². The van der Waals surface area contributed by atoms with Crippen molar-refractivity contribution in [2.75, 3.05) is 13.7 Å². The number of esters is 1. The number of ketones is 2. The summed E-state index contributed by atoms with van der Waals surface area (Å²) < 4.78 is 17.4. The number of aliphatic hydroxyl groups excluding tert-OH is 2. The molecule has 2 aliphatic heterocycles. The van der Waals surface area contributed by atoms with Crippen molar-refractivity contribution < 1.29 is 53.5 Å². The largest absolute Gasteiger partial charge is 0.515 e. The van der Waals surface area contributed by atoms with Crippen LogP contribution in [0.5, 0.6) is 0 Å². The second-order valence-electron chi connectivity index (χ2n) is 14.6. The number of methoxy groups -OCH3 is 1. The van der Waals surface area contributed by atoms with Gasteiger partial charge in [0.1, 0.15) is 18.4 Å². The molecule has 0 aromatic carbocycles. The Hall–Kier alpha value is -2.93. The van der Waals surface area contributed by atoms with E-state index in [1.807, 2.05) is 20.8 Å². The average molecular weight is 692 g/mol. The van der Waals surface area contributed by atoms with Crippen molar-refractivity contribution in [2.45, 2.75) is 141 Å². The lowest BCUT2D eigenvalue weighted by molar-refractivity contribution is -0.264. The standard InChI is InChI=1S/C37H57NO11/c1-22(14-16-39)23(2)18-28-12-10-26(5)37(46,49-28)34(43)35(44)38-15-8-7-9-29(38)36(45)48-32(20-31(42)25(4)21-40)24(3)17-27-11-13-30(41)33(19-27)47-6/h14,16,21,23-24,26-30,32-33,40-41,46H,7-13,15,17-20H2,1-6H3/b22-14+,25-21-/t23-,24+,26+,27?,28-,29-,30+,32-,33+,37+/m0/s1. The molecule has 276 valence electrons. The summed E-state index contributed by atoms with van der Waals surface area (Å²) in [6.45, 7) is 8.86. The number of hydrogen-bond donors (Lipinski definition) is 3. The van der Waals surface area contributed by atoms with Crippen molar-refractivity contribution in [3.63, 3.8) is 0 Å². The first-order chi connectivity index (χ1) is 23.2. The molecule has 1 unspecified atom stereocenters.